The van der Waals surface area contributed by atoms with Crippen LogP contribution in [0.4, 0.5) is 5.82 Å². The number of nitrogens with one attached hydrogen (secondary N) is 1. The van der Waals surface area contributed by atoms with E-state index in [1.165, 1.54) is 0 Å². The third-order valence-electron chi connectivity index (χ3n) is 4.60. The molecular weight excluding hydrogens is 281 g/mol. The van der Waals surface area contributed by atoms with Crippen LogP contribution < -0.4 is 10.9 Å². The molecule has 0 atom stereocenters. The summed E-state index contributed by atoms with van der Waals surface area (Å²) in [7, 11) is -0.366. The van der Waals surface area contributed by atoms with Gasteiger partial charge in [-0.15, -0.1) is 0 Å². The predicted octanol–water partition coefficient (Wildman–Crippen LogP) is 1.04. The van der Waals surface area contributed by atoms with E-state index in [9.17, 15) is 0 Å². The van der Waals surface area contributed by atoms with E-state index in [1.54, 1.807) is 0 Å². The Morgan fingerprint density at radius 2 is 1.73 bits per heavy atom. The number of hydrazine groups is 1. The lowest BCUT2D eigenvalue weighted by molar-refractivity contribution is 0.00578. The van der Waals surface area contributed by atoms with E-state index >= 15 is 0 Å². The summed E-state index contributed by atoms with van der Waals surface area (Å²) >= 11 is 0. The molecule has 1 aromatic heterocycles. The minimum absolute atomic E-state index is 0.331. The maximum absolute atomic E-state index is 6.03. The van der Waals surface area contributed by atoms with Crippen LogP contribution in [0.2, 0.25) is 0 Å². The molecule has 7 heteroatoms. The Kier molecular flexibility index (Phi) is 4.16. The van der Waals surface area contributed by atoms with Gasteiger partial charge in [0.25, 0.3) is 0 Å². The molecule has 2 aliphatic rings. The first-order valence-corrected chi connectivity index (χ1v) is 7.78. The van der Waals surface area contributed by atoms with E-state index in [2.05, 4.69) is 43.1 Å². The second kappa shape index (κ2) is 5.81. The number of rotatable bonds is 3. The zero-order valence-electron chi connectivity index (χ0n) is 13.8. The van der Waals surface area contributed by atoms with Gasteiger partial charge in [-0.3, -0.25) is 0 Å². The van der Waals surface area contributed by atoms with Crippen LogP contribution >= 0.6 is 0 Å². The molecule has 0 saturated carbocycles. The highest BCUT2D eigenvalue weighted by Gasteiger charge is 2.51. The Morgan fingerprint density at radius 3 is 2.27 bits per heavy atom. The number of nitrogens with zero attached hydrogens (tertiary/aromatic N) is 2. The molecule has 0 aromatic carbocycles. The van der Waals surface area contributed by atoms with Crippen LogP contribution in [0.5, 0.6) is 0 Å². The zero-order valence-corrected chi connectivity index (χ0v) is 13.8. The number of aromatic nitrogens is 1. The highest BCUT2D eigenvalue weighted by molar-refractivity contribution is 6.62. The van der Waals surface area contributed by atoms with Gasteiger partial charge in [0.2, 0.25) is 0 Å². The van der Waals surface area contributed by atoms with Gasteiger partial charge in [0.05, 0.1) is 24.4 Å². The molecule has 1 aromatic rings. The van der Waals surface area contributed by atoms with Crippen molar-refractivity contribution in [1.82, 2.24) is 9.99 Å². The zero-order chi connectivity index (χ0) is 15.8. The molecule has 0 radical (unpaired) electrons. The molecule has 3 heterocycles. The SMILES string of the molecule is CC1(C)OB(c2ccc(NN3CCOCC3)nc2)OC1(C)C. The van der Waals surface area contributed by atoms with Crippen LogP contribution in [-0.4, -0.2) is 54.6 Å². The molecule has 0 aliphatic carbocycles. The van der Waals surface area contributed by atoms with Crippen LogP contribution in [-0.2, 0) is 14.0 Å². The van der Waals surface area contributed by atoms with Crippen molar-refractivity contribution in [2.24, 2.45) is 0 Å². The van der Waals surface area contributed by atoms with E-state index in [0.29, 0.717) is 0 Å². The Morgan fingerprint density at radius 1 is 1.09 bits per heavy atom. The van der Waals surface area contributed by atoms with Crippen molar-refractivity contribution < 1.29 is 14.0 Å². The van der Waals surface area contributed by atoms with E-state index in [1.807, 2.05) is 18.3 Å². The Hall–Kier alpha value is -1.15. The van der Waals surface area contributed by atoms with Gasteiger partial charge in [0, 0.05) is 24.7 Å². The van der Waals surface area contributed by atoms with Crippen LogP contribution in [0.1, 0.15) is 27.7 Å². The number of morpholine rings is 1. The van der Waals surface area contributed by atoms with Crippen LogP contribution in [0.25, 0.3) is 0 Å². The number of ether oxygens (including phenoxy) is 1. The van der Waals surface area contributed by atoms with Gasteiger partial charge in [0.15, 0.2) is 0 Å². The Labute approximate surface area is 132 Å². The first-order chi connectivity index (χ1) is 10.4. The number of hydrogen-bond acceptors (Lipinski definition) is 6. The summed E-state index contributed by atoms with van der Waals surface area (Å²) in [5, 5.41) is 2.11. The number of pyridine rings is 1. The quantitative estimate of drug-likeness (QED) is 0.842. The molecule has 0 amide bonds. The van der Waals surface area contributed by atoms with Crippen molar-refractivity contribution >= 4 is 18.4 Å². The molecule has 0 bridgehead atoms. The summed E-state index contributed by atoms with van der Waals surface area (Å²) in [6.45, 7) is 11.4. The highest BCUT2D eigenvalue weighted by atomic mass is 16.7. The summed E-state index contributed by atoms with van der Waals surface area (Å²) < 4.78 is 17.4. The molecule has 22 heavy (non-hydrogen) atoms. The van der Waals surface area contributed by atoms with Crippen LogP contribution in [0.3, 0.4) is 0 Å². The fraction of sp³-hybridized carbons (Fsp3) is 0.667. The third-order valence-corrected chi connectivity index (χ3v) is 4.60. The molecule has 2 aliphatic heterocycles. The number of hydrogen-bond donors (Lipinski definition) is 1. The van der Waals surface area contributed by atoms with Gasteiger partial charge in [-0.2, -0.15) is 0 Å². The monoisotopic (exact) mass is 305 g/mol. The lowest BCUT2D eigenvalue weighted by Gasteiger charge is -2.32. The second-order valence-electron chi connectivity index (χ2n) is 6.78. The second-order valence-corrected chi connectivity index (χ2v) is 6.78. The largest absolute Gasteiger partial charge is 0.496 e. The molecule has 0 spiro atoms. The van der Waals surface area contributed by atoms with Crippen molar-refractivity contribution in [2.45, 2.75) is 38.9 Å². The van der Waals surface area contributed by atoms with Gasteiger partial charge in [0.1, 0.15) is 5.82 Å². The average molecular weight is 305 g/mol. The lowest BCUT2D eigenvalue weighted by Crippen LogP contribution is -2.41. The molecule has 2 fully saturated rings. The van der Waals surface area contributed by atoms with E-state index in [4.69, 9.17) is 14.0 Å². The number of anilines is 1. The van der Waals surface area contributed by atoms with Gasteiger partial charge in [-0.05, 0) is 33.8 Å². The molecular formula is C15H24BN3O3. The molecule has 0 unspecified atom stereocenters. The lowest BCUT2D eigenvalue weighted by atomic mass is 9.80. The molecule has 1 N–H and O–H groups in total. The van der Waals surface area contributed by atoms with Crippen LogP contribution in [0.15, 0.2) is 18.3 Å². The summed E-state index contributed by atoms with van der Waals surface area (Å²) in [6, 6.07) is 3.95. The van der Waals surface area contributed by atoms with Crippen molar-refractivity contribution in [3.05, 3.63) is 18.3 Å². The summed E-state index contributed by atoms with van der Waals surface area (Å²) in [5.74, 6) is 0.821. The van der Waals surface area contributed by atoms with E-state index in [-0.39, 0.29) is 18.3 Å². The first-order valence-electron chi connectivity index (χ1n) is 7.78. The van der Waals surface area contributed by atoms with Gasteiger partial charge in [-0.1, -0.05) is 6.07 Å². The standard InChI is InChI=1S/C15H24BN3O3/c1-14(2)15(3,4)22-16(21-14)12-5-6-13(17-11-12)18-19-7-9-20-10-8-19/h5-6,11H,7-10H2,1-4H3,(H,17,18). The van der Waals surface area contributed by atoms with Gasteiger partial charge >= 0.3 is 7.12 Å². The maximum atomic E-state index is 6.03. The minimum Gasteiger partial charge on any atom is -0.399 e. The van der Waals surface area contributed by atoms with Crippen molar-refractivity contribution in [2.75, 3.05) is 31.7 Å². The summed E-state index contributed by atoms with van der Waals surface area (Å²) in [5.41, 5.74) is 3.57. The normalized spacial score (nSPS) is 24.5. The van der Waals surface area contributed by atoms with Crippen molar-refractivity contribution in [1.29, 1.82) is 0 Å². The average Bonchev–Trinajstić information content (AvgIpc) is 2.69. The maximum Gasteiger partial charge on any atom is 0.496 e. The van der Waals surface area contributed by atoms with Crippen molar-refractivity contribution in [3.8, 4) is 0 Å². The smallest absolute Gasteiger partial charge is 0.399 e. The fourth-order valence-corrected chi connectivity index (χ4v) is 2.43. The van der Waals surface area contributed by atoms with Crippen molar-refractivity contribution in [3.63, 3.8) is 0 Å². The fourth-order valence-electron chi connectivity index (χ4n) is 2.43. The van der Waals surface area contributed by atoms with Gasteiger partial charge < -0.3 is 19.5 Å². The summed E-state index contributed by atoms with van der Waals surface area (Å²) in [6.07, 6.45) is 1.81. The van der Waals surface area contributed by atoms with Gasteiger partial charge in [-0.25, -0.2) is 9.99 Å². The predicted molar refractivity (Wildman–Crippen MR) is 86.0 cm³/mol. The van der Waals surface area contributed by atoms with E-state index < -0.39 is 0 Å². The minimum atomic E-state index is -0.366. The topological polar surface area (TPSA) is 55.9 Å². The highest BCUT2D eigenvalue weighted by Crippen LogP contribution is 2.36. The molecule has 120 valence electrons. The Bertz CT molecular complexity index is 499. The first kappa shape index (κ1) is 15.7. The molecule has 2 saturated heterocycles. The van der Waals surface area contributed by atoms with Crippen LogP contribution in [0, 0.1) is 0 Å². The Balaban J connectivity index is 1.65. The molecule has 6 nitrogen and oxygen atoms in total. The summed E-state index contributed by atoms with van der Waals surface area (Å²) in [4.78, 5) is 4.46. The van der Waals surface area contributed by atoms with E-state index in [0.717, 1.165) is 37.6 Å². The third kappa shape index (κ3) is 3.13. The molecule has 3 rings (SSSR count).